The first kappa shape index (κ1) is 20.3. The molecule has 0 radical (unpaired) electrons. The number of rotatable bonds is 6. The Kier molecular flexibility index (Phi) is 10.2. The van der Waals surface area contributed by atoms with Crippen LogP contribution in [0.3, 0.4) is 0 Å². The molecule has 0 fully saturated rings. The van der Waals surface area contributed by atoms with E-state index in [0.717, 1.165) is 0 Å². The molecule has 0 atom stereocenters. The van der Waals surface area contributed by atoms with Crippen molar-refractivity contribution in [1.29, 1.82) is 0 Å². The molecule has 0 aromatic carbocycles. The van der Waals surface area contributed by atoms with Gasteiger partial charge in [0.25, 0.3) is 0 Å². The molecule has 114 valence electrons. The predicted octanol–water partition coefficient (Wildman–Crippen LogP) is 6.64. The van der Waals surface area contributed by atoms with E-state index >= 15 is 0 Å². The summed E-state index contributed by atoms with van der Waals surface area (Å²) in [6.07, 6.45) is 0. The van der Waals surface area contributed by atoms with E-state index in [-0.39, 0.29) is 0 Å². The van der Waals surface area contributed by atoms with Crippen molar-refractivity contribution in [3.05, 3.63) is 0 Å². The van der Waals surface area contributed by atoms with Gasteiger partial charge in [0.15, 0.2) is 0 Å². The van der Waals surface area contributed by atoms with Gasteiger partial charge in [0.2, 0.25) is 0 Å². The van der Waals surface area contributed by atoms with Crippen molar-refractivity contribution in [1.82, 2.24) is 0 Å². The van der Waals surface area contributed by atoms with E-state index in [1.165, 1.54) is 36.3 Å². The quantitative estimate of drug-likeness (QED) is 0.288. The Morgan fingerprint density at radius 2 is 0.900 bits per heavy atom. The standard InChI is InChI=1S/C16H30ClPSi2/c1-7-19(8-2,9-3)15-13-18(17)14-16-20(10-4,11-5)12-6/h7-12H2,1-6H3. The highest BCUT2D eigenvalue weighted by Crippen LogP contribution is 2.39. The second kappa shape index (κ2) is 10.1. The minimum Gasteiger partial charge on any atom is -0.124 e. The molecule has 0 aliphatic carbocycles. The first-order chi connectivity index (χ1) is 9.46. The molecular formula is C16H30ClPSi2. The predicted molar refractivity (Wildman–Crippen MR) is 103 cm³/mol. The Balaban J connectivity index is 5.03. The van der Waals surface area contributed by atoms with E-state index in [0.29, 0.717) is 0 Å². The summed E-state index contributed by atoms with van der Waals surface area (Å²) in [5, 5.41) is 0. The third-order valence-corrected chi connectivity index (χ3v) is 15.9. The fraction of sp³-hybridized carbons (Fsp3) is 0.750. The van der Waals surface area contributed by atoms with Crippen LogP contribution in [0.4, 0.5) is 0 Å². The van der Waals surface area contributed by atoms with Crippen molar-refractivity contribution in [2.24, 2.45) is 0 Å². The lowest BCUT2D eigenvalue weighted by atomic mass is 10.9. The van der Waals surface area contributed by atoms with Gasteiger partial charge in [-0.1, -0.05) is 64.1 Å². The highest BCUT2D eigenvalue weighted by molar-refractivity contribution is 7.92. The fourth-order valence-electron chi connectivity index (χ4n) is 2.39. The maximum Gasteiger partial charge on any atom is 0.143 e. The number of halogens is 1. The normalized spacial score (nSPS) is 11.6. The maximum absolute atomic E-state index is 6.40. The maximum atomic E-state index is 6.40. The summed E-state index contributed by atoms with van der Waals surface area (Å²) >= 11 is 6.40. The molecule has 0 bridgehead atoms. The summed E-state index contributed by atoms with van der Waals surface area (Å²) in [4.78, 5) is 0. The molecule has 0 spiro atoms. The molecule has 0 nitrogen and oxygen atoms in total. The summed E-state index contributed by atoms with van der Waals surface area (Å²) in [6, 6.07) is 7.41. The van der Waals surface area contributed by atoms with Crippen molar-refractivity contribution in [2.45, 2.75) is 77.8 Å². The van der Waals surface area contributed by atoms with E-state index in [2.05, 4.69) is 64.0 Å². The van der Waals surface area contributed by atoms with Gasteiger partial charge in [-0.3, -0.25) is 0 Å². The summed E-state index contributed by atoms with van der Waals surface area (Å²) in [6.45, 7) is 13.7. The highest BCUT2D eigenvalue weighted by Gasteiger charge is 2.25. The topological polar surface area (TPSA) is 0 Å². The largest absolute Gasteiger partial charge is 0.143 e. The van der Waals surface area contributed by atoms with Gasteiger partial charge in [-0.15, -0.1) is 11.1 Å². The average molecular weight is 345 g/mol. The Hall–Kier alpha value is 0.274. The monoisotopic (exact) mass is 344 g/mol. The lowest BCUT2D eigenvalue weighted by molar-refractivity contribution is 1.20. The molecule has 0 N–H and O–H groups in total. The van der Waals surface area contributed by atoms with Gasteiger partial charge in [-0.2, -0.15) is 0 Å². The smallest absolute Gasteiger partial charge is 0.124 e. The molecule has 20 heavy (non-hydrogen) atoms. The molecule has 0 saturated carbocycles. The van der Waals surface area contributed by atoms with Gasteiger partial charge < -0.3 is 0 Å². The van der Waals surface area contributed by atoms with Crippen LogP contribution in [0.5, 0.6) is 0 Å². The first-order valence-corrected chi connectivity index (χ1v) is 15.5. The lowest BCUT2D eigenvalue weighted by Gasteiger charge is -2.20. The van der Waals surface area contributed by atoms with Crippen LogP contribution in [0, 0.1) is 22.4 Å². The molecule has 0 rings (SSSR count). The van der Waals surface area contributed by atoms with Crippen molar-refractivity contribution < 1.29 is 0 Å². The fourth-order valence-corrected chi connectivity index (χ4v) is 9.95. The summed E-state index contributed by atoms with van der Waals surface area (Å²) in [5.74, 6) is 0. The SMILES string of the molecule is CC[Si](C#CP(Cl)C#C[Si](CC)(CC)CC)(CC)CC. The number of hydrogen-bond donors (Lipinski definition) is 0. The molecule has 4 heteroatoms. The van der Waals surface area contributed by atoms with E-state index < -0.39 is 23.4 Å². The van der Waals surface area contributed by atoms with Crippen LogP contribution in [0.15, 0.2) is 0 Å². The Morgan fingerprint density at radius 1 is 0.650 bits per heavy atom. The minimum absolute atomic E-state index is 0.924. The highest BCUT2D eigenvalue weighted by atomic mass is 35.7. The van der Waals surface area contributed by atoms with Crippen molar-refractivity contribution in [2.75, 3.05) is 0 Å². The second-order valence-electron chi connectivity index (χ2n) is 5.44. The summed E-state index contributed by atoms with van der Waals surface area (Å²) in [5.41, 5.74) is 13.8. The van der Waals surface area contributed by atoms with Crippen molar-refractivity contribution in [3.8, 4) is 22.4 Å². The second-order valence-corrected chi connectivity index (χ2v) is 17.3. The van der Waals surface area contributed by atoms with Crippen LogP contribution in [0.1, 0.15) is 41.5 Å². The van der Waals surface area contributed by atoms with E-state index in [9.17, 15) is 0 Å². The van der Waals surface area contributed by atoms with Crippen LogP contribution in [0.25, 0.3) is 0 Å². The van der Waals surface area contributed by atoms with Crippen LogP contribution >= 0.6 is 18.5 Å². The van der Waals surface area contributed by atoms with Gasteiger partial charge in [-0.05, 0) is 36.3 Å². The van der Waals surface area contributed by atoms with E-state index in [1.54, 1.807) is 0 Å². The molecule has 0 aliphatic rings. The van der Waals surface area contributed by atoms with Gasteiger partial charge in [0.1, 0.15) is 23.4 Å². The zero-order valence-electron chi connectivity index (χ0n) is 14.1. The first-order valence-electron chi connectivity index (χ1n) is 7.98. The minimum atomic E-state index is -1.37. The van der Waals surface area contributed by atoms with Gasteiger partial charge in [0, 0.05) is 0 Å². The molecule has 0 aromatic heterocycles. The summed E-state index contributed by atoms with van der Waals surface area (Å²) in [7, 11) is -3.66. The van der Waals surface area contributed by atoms with Crippen molar-refractivity contribution in [3.63, 3.8) is 0 Å². The van der Waals surface area contributed by atoms with Crippen LogP contribution in [-0.2, 0) is 0 Å². The van der Waals surface area contributed by atoms with Gasteiger partial charge >= 0.3 is 0 Å². The van der Waals surface area contributed by atoms with E-state index in [4.69, 9.17) is 11.2 Å². The Labute approximate surface area is 135 Å². The molecule has 0 unspecified atom stereocenters. The third-order valence-electron chi connectivity index (χ3n) is 4.90. The lowest BCUT2D eigenvalue weighted by Crippen LogP contribution is -2.29. The molecule has 0 heterocycles. The third kappa shape index (κ3) is 5.95. The van der Waals surface area contributed by atoms with Gasteiger partial charge in [0.05, 0.1) is 0 Å². The summed E-state index contributed by atoms with van der Waals surface area (Å²) < 4.78 is 0. The Morgan fingerprint density at radius 3 is 1.10 bits per heavy atom. The average Bonchev–Trinajstić information content (AvgIpc) is 2.51. The van der Waals surface area contributed by atoms with Gasteiger partial charge in [-0.25, -0.2) is 0 Å². The molecule has 0 aromatic rings. The zero-order valence-corrected chi connectivity index (χ0v) is 17.7. The van der Waals surface area contributed by atoms with Crippen LogP contribution in [0.2, 0.25) is 36.3 Å². The van der Waals surface area contributed by atoms with Crippen LogP contribution < -0.4 is 0 Å². The zero-order chi connectivity index (χ0) is 15.6. The van der Waals surface area contributed by atoms with E-state index in [1.807, 2.05) is 0 Å². The molecule has 0 amide bonds. The van der Waals surface area contributed by atoms with Crippen molar-refractivity contribution >= 4 is 34.7 Å². The molecule has 0 saturated heterocycles. The molecule has 0 aliphatic heterocycles. The molecular weight excluding hydrogens is 315 g/mol. The Bertz CT molecular complexity index is 338. The number of hydrogen-bond acceptors (Lipinski definition) is 0. The van der Waals surface area contributed by atoms with Crippen LogP contribution in [-0.4, -0.2) is 16.1 Å².